The van der Waals surface area contributed by atoms with Crippen molar-refractivity contribution in [3.05, 3.63) is 41.9 Å². The summed E-state index contributed by atoms with van der Waals surface area (Å²) in [6.45, 7) is 5.03. The Hall–Kier alpha value is -2.47. The van der Waals surface area contributed by atoms with Crippen molar-refractivity contribution in [2.24, 2.45) is 0 Å². The Morgan fingerprint density at radius 1 is 1.29 bits per heavy atom. The van der Waals surface area contributed by atoms with E-state index in [0.29, 0.717) is 13.2 Å². The van der Waals surface area contributed by atoms with Crippen LogP contribution in [-0.2, 0) is 14.9 Å². The van der Waals surface area contributed by atoms with Gasteiger partial charge in [0.2, 0.25) is 5.91 Å². The number of ether oxygens (including phenoxy) is 1. The summed E-state index contributed by atoms with van der Waals surface area (Å²) in [5.41, 5.74) is 4.51. The van der Waals surface area contributed by atoms with E-state index in [2.05, 4.69) is 22.8 Å². The highest BCUT2D eigenvalue weighted by molar-refractivity contribution is 6.09. The summed E-state index contributed by atoms with van der Waals surface area (Å²) in [6, 6.07) is 6.07. The van der Waals surface area contributed by atoms with Crippen molar-refractivity contribution in [2.75, 3.05) is 35.8 Å². The third-order valence-corrected chi connectivity index (χ3v) is 4.88. The van der Waals surface area contributed by atoms with E-state index in [9.17, 15) is 4.79 Å². The Balaban J connectivity index is 1.71. The second kappa shape index (κ2) is 5.27. The molecular formula is C18H21N3O3. The van der Waals surface area contributed by atoms with Crippen molar-refractivity contribution < 1.29 is 13.9 Å². The number of furan rings is 1. The number of benzene rings is 1. The van der Waals surface area contributed by atoms with Crippen LogP contribution in [0.15, 0.2) is 35.1 Å². The predicted octanol–water partition coefficient (Wildman–Crippen LogP) is 3.09. The van der Waals surface area contributed by atoms with E-state index in [0.717, 1.165) is 28.2 Å². The normalized spacial score (nSPS) is 20.5. The van der Waals surface area contributed by atoms with Crippen molar-refractivity contribution in [3.8, 4) is 0 Å². The molecule has 1 aromatic carbocycles. The molecule has 0 spiro atoms. The molecule has 2 N–H and O–H groups in total. The molecule has 24 heavy (non-hydrogen) atoms. The van der Waals surface area contributed by atoms with Gasteiger partial charge in [-0.3, -0.25) is 4.79 Å². The third-order valence-electron chi connectivity index (χ3n) is 4.88. The number of anilines is 3. The number of hydrogen-bond donors (Lipinski definition) is 2. The molecule has 0 fully saturated rings. The number of amides is 1. The monoisotopic (exact) mass is 327 g/mol. The van der Waals surface area contributed by atoms with Gasteiger partial charge in [-0.1, -0.05) is 0 Å². The minimum Gasteiger partial charge on any atom is -0.472 e. The van der Waals surface area contributed by atoms with Gasteiger partial charge >= 0.3 is 0 Å². The summed E-state index contributed by atoms with van der Waals surface area (Å²) in [4.78, 5) is 14.6. The van der Waals surface area contributed by atoms with Gasteiger partial charge in [-0.05, 0) is 37.6 Å². The smallest absolute Gasteiger partial charge is 0.237 e. The van der Waals surface area contributed by atoms with Gasteiger partial charge in [-0.2, -0.15) is 0 Å². The molecule has 0 aliphatic carbocycles. The zero-order chi connectivity index (χ0) is 16.9. The summed E-state index contributed by atoms with van der Waals surface area (Å²) in [5, 5.41) is 6.90. The van der Waals surface area contributed by atoms with Crippen molar-refractivity contribution in [1.82, 2.24) is 0 Å². The number of rotatable bonds is 4. The molecule has 2 aromatic rings. The molecule has 0 saturated carbocycles. The topological polar surface area (TPSA) is 66.7 Å². The third kappa shape index (κ3) is 2.10. The first-order valence-electron chi connectivity index (χ1n) is 8.07. The van der Waals surface area contributed by atoms with Gasteiger partial charge in [0.15, 0.2) is 0 Å². The molecule has 2 aliphatic rings. The summed E-state index contributed by atoms with van der Waals surface area (Å²) in [5.74, 6) is 0.115. The van der Waals surface area contributed by atoms with Crippen LogP contribution in [0.1, 0.15) is 31.1 Å². The highest BCUT2D eigenvalue weighted by Crippen LogP contribution is 2.48. The van der Waals surface area contributed by atoms with E-state index in [1.54, 1.807) is 19.6 Å². The van der Waals surface area contributed by atoms with Crippen LogP contribution in [0, 0.1) is 0 Å². The Kier molecular flexibility index (Phi) is 3.31. The zero-order valence-electron chi connectivity index (χ0n) is 14.1. The minimum atomic E-state index is -0.534. The Morgan fingerprint density at radius 2 is 2.04 bits per heavy atom. The SMILES string of the molecule is COCCN1C(=O)C(C)(C)c2cc3c(cc21)NC(c1ccoc1)N3. The second-order valence-electron chi connectivity index (χ2n) is 6.77. The van der Waals surface area contributed by atoms with Gasteiger partial charge in [0, 0.05) is 19.2 Å². The summed E-state index contributed by atoms with van der Waals surface area (Å²) in [6.07, 6.45) is 3.37. The van der Waals surface area contributed by atoms with Gasteiger partial charge in [0.1, 0.15) is 6.17 Å². The summed E-state index contributed by atoms with van der Waals surface area (Å²) < 4.78 is 10.3. The maximum absolute atomic E-state index is 12.8. The molecule has 1 unspecified atom stereocenters. The van der Waals surface area contributed by atoms with Crippen LogP contribution in [0.25, 0.3) is 0 Å². The highest BCUT2D eigenvalue weighted by atomic mass is 16.5. The van der Waals surface area contributed by atoms with E-state index in [1.165, 1.54) is 0 Å². The fourth-order valence-corrected chi connectivity index (χ4v) is 3.47. The largest absolute Gasteiger partial charge is 0.472 e. The molecule has 1 atom stereocenters. The van der Waals surface area contributed by atoms with Crippen molar-refractivity contribution >= 4 is 23.0 Å². The van der Waals surface area contributed by atoms with E-state index < -0.39 is 5.41 Å². The second-order valence-corrected chi connectivity index (χ2v) is 6.77. The van der Waals surface area contributed by atoms with Crippen molar-refractivity contribution in [1.29, 1.82) is 0 Å². The van der Waals surface area contributed by atoms with Crippen LogP contribution in [0.4, 0.5) is 17.1 Å². The molecule has 6 nitrogen and oxygen atoms in total. The molecule has 6 heteroatoms. The lowest BCUT2D eigenvalue weighted by Gasteiger charge is -2.20. The minimum absolute atomic E-state index is 0.0208. The quantitative estimate of drug-likeness (QED) is 0.903. The van der Waals surface area contributed by atoms with Crippen LogP contribution in [-0.4, -0.2) is 26.2 Å². The van der Waals surface area contributed by atoms with Crippen LogP contribution in [0.5, 0.6) is 0 Å². The number of nitrogens with one attached hydrogen (secondary N) is 2. The van der Waals surface area contributed by atoms with E-state index >= 15 is 0 Å². The number of methoxy groups -OCH3 is 1. The first-order valence-corrected chi connectivity index (χ1v) is 8.07. The lowest BCUT2D eigenvalue weighted by atomic mass is 9.86. The Bertz CT molecular complexity index is 783. The molecule has 126 valence electrons. The average molecular weight is 327 g/mol. The van der Waals surface area contributed by atoms with Crippen LogP contribution in [0.3, 0.4) is 0 Å². The van der Waals surface area contributed by atoms with Gasteiger partial charge in [0.25, 0.3) is 0 Å². The van der Waals surface area contributed by atoms with Crippen LogP contribution < -0.4 is 15.5 Å². The van der Waals surface area contributed by atoms with Gasteiger partial charge in [0.05, 0.1) is 41.6 Å². The molecular weight excluding hydrogens is 306 g/mol. The van der Waals surface area contributed by atoms with Gasteiger partial charge < -0.3 is 24.7 Å². The molecule has 1 aromatic heterocycles. The molecule has 0 radical (unpaired) electrons. The lowest BCUT2D eigenvalue weighted by molar-refractivity contribution is -0.122. The Labute approximate surface area is 140 Å². The number of carbonyl (C=O) groups excluding carboxylic acids is 1. The fraction of sp³-hybridized carbons (Fsp3) is 0.389. The van der Waals surface area contributed by atoms with E-state index in [4.69, 9.17) is 9.15 Å². The molecule has 4 rings (SSSR count). The number of nitrogens with zero attached hydrogens (tertiary/aromatic N) is 1. The molecule has 2 aliphatic heterocycles. The molecule has 0 saturated heterocycles. The Morgan fingerprint density at radius 3 is 2.71 bits per heavy atom. The number of carbonyl (C=O) groups is 1. The molecule has 3 heterocycles. The lowest BCUT2D eigenvalue weighted by Crippen LogP contribution is -2.38. The van der Waals surface area contributed by atoms with Crippen molar-refractivity contribution in [3.63, 3.8) is 0 Å². The molecule has 0 bridgehead atoms. The maximum atomic E-state index is 12.8. The molecule has 1 amide bonds. The first-order chi connectivity index (χ1) is 11.5. The maximum Gasteiger partial charge on any atom is 0.237 e. The highest BCUT2D eigenvalue weighted by Gasteiger charge is 2.44. The van der Waals surface area contributed by atoms with E-state index in [-0.39, 0.29) is 12.1 Å². The van der Waals surface area contributed by atoms with Gasteiger partial charge in [-0.15, -0.1) is 0 Å². The van der Waals surface area contributed by atoms with Gasteiger partial charge in [-0.25, -0.2) is 0 Å². The average Bonchev–Trinajstić information content (AvgIpc) is 3.25. The summed E-state index contributed by atoms with van der Waals surface area (Å²) in [7, 11) is 1.65. The summed E-state index contributed by atoms with van der Waals surface area (Å²) >= 11 is 0. The first kappa shape index (κ1) is 15.1. The number of fused-ring (bicyclic) bond motifs is 2. The fourth-order valence-electron chi connectivity index (χ4n) is 3.47. The van der Waals surface area contributed by atoms with Crippen molar-refractivity contribution in [2.45, 2.75) is 25.4 Å². The number of hydrogen-bond acceptors (Lipinski definition) is 5. The van der Waals surface area contributed by atoms with Crippen LogP contribution >= 0.6 is 0 Å². The standard InChI is InChI=1S/C18H21N3O3/c1-18(2)12-8-13-14(20-16(19-13)11-4-6-24-10-11)9-15(12)21(17(18)22)5-7-23-3/h4,6,8-10,16,19-20H,5,7H2,1-3H3. The zero-order valence-corrected chi connectivity index (χ0v) is 14.1. The van der Waals surface area contributed by atoms with E-state index in [1.807, 2.05) is 24.8 Å². The van der Waals surface area contributed by atoms with Crippen LogP contribution in [0.2, 0.25) is 0 Å². The predicted molar refractivity (Wildman–Crippen MR) is 92.4 cm³/mol.